The molecule has 0 saturated heterocycles. The Labute approximate surface area is 128 Å². The van der Waals surface area contributed by atoms with Crippen molar-refractivity contribution in [3.8, 4) is 0 Å². The van der Waals surface area contributed by atoms with E-state index >= 15 is 0 Å². The molecular weight excluding hydrogens is 315 g/mol. The zero-order chi connectivity index (χ0) is 15.4. The maximum atomic E-state index is 12.9. The fraction of sp³-hybridized carbons (Fsp3) is 0.0714. The minimum atomic E-state index is -1.49. The van der Waals surface area contributed by atoms with Gasteiger partial charge in [0.2, 0.25) is 5.91 Å². The van der Waals surface area contributed by atoms with Crippen LogP contribution in [0.25, 0.3) is 0 Å². The first-order chi connectivity index (χ1) is 9.95. The molecule has 110 valence electrons. The first kappa shape index (κ1) is 15.5. The molecule has 1 amide bonds. The van der Waals surface area contributed by atoms with E-state index in [9.17, 15) is 13.4 Å². The highest BCUT2D eigenvalue weighted by Gasteiger charge is 2.12. The SMILES string of the molecule is Nc1cc(F)ccc1NC(=O)CS(=O)c1ccc(Cl)cc1. The molecule has 0 spiro atoms. The van der Waals surface area contributed by atoms with Crippen molar-refractivity contribution < 1.29 is 13.4 Å². The van der Waals surface area contributed by atoms with E-state index in [1.54, 1.807) is 24.3 Å². The molecule has 0 heterocycles. The summed E-state index contributed by atoms with van der Waals surface area (Å²) in [7, 11) is -1.49. The number of halogens is 2. The average molecular weight is 327 g/mol. The fourth-order valence-electron chi connectivity index (χ4n) is 1.62. The molecular formula is C14H12ClFN2O2S. The van der Waals surface area contributed by atoms with Crippen molar-refractivity contribution >= 4 is 39.7 Å². The molecule has 2 aromatic carbocycles. The monoisotopic (exact) mass is 326 g/mol. The number of carbonyl (C=O) groups excluding carboxylic acids is 1. The maximum absolute atomic E-state index is 12.9. The molecule has 0 aromatic heterocycles. The van der Waals surface area contributed by atoms with E-state index in [1.807, 2.05) is 0 Å². The number of nitrogens with one attached hydrogen (secondary N) is 1. The van der Waals surface area contributed by atoms with E-state index in [0.717, 1.165) is 6.07 Å². The smallest absolute Gasteiger partial charge is 0.237 e. The second kappa shape index (κ2) is 6.69. The van der Waals surface area contributed by atoms with Crippen LogP contribution >= 0.6 is 11.6 Å². The molecule has 0 aliphatic heterocycles. The van der Waals surface area contributed by atoms with Gasteiger partial charge in [-0.05, 0) is 42.5 Å². The topological polar surface area (TPSA) is 72.2 Å². The summed E-state index contributed by atoms with van der Waals surface area (Å²) in [5.74, 6) is -1.19. The lowest BCUT2D eigenvalue weighted by molar-refractivity contribution is -0.113. The van der Waals surface area contributed by atoms with Crippen molar-refractivity contribution in [2.75, 3.05) is 16.8 Å². The van der Waals surface area contributed by atoms with Gasteiger partial charge in [0.15, 0.2) is 0 Å². The summed E-state index contributed by atoms with van der Waals surface area (Å²) >= 11 is 5.74. The van der Waals surface area contributed by atoms with Crippen LogP contribution in [-0.4, -0.2) is 15.9 Å². The van der Waals surface area contributed by atoms with E-state index in [0.29, 0.717) is 9.92 Å². The highest BCUT2D eigenvalue weighted by Crippen LogP contribution is 2.19. The Kier molecular flexibility index (Phi) is 4.93. The minimum Gasteiger partial charge on any atom is -0.397 e. The van der Waals surface area contributed by atoms with Gasteiger partial charge in [-0.3, -0.25) is 9.00 Å². The normalized spacial score (nSPS) is 11.9. The number of hydrogen-bond donors (Lipinski definition) is 2. The van der Waals surface area contributed by atoms with Crippen LogP contribution in [0.5, 0.6) is 0 Å². The molecule has 1 unspecified atom stereocenters. The summed E-state index contributed by atoms with van der Waals surface area (Å²) < 4.78 is 24.9. The number of benzene rings is 2. The van der Waals surface area contributed by atoms with Crippen molar-refractivity contribution in [3.63, 3.8) is 0 Å². The Bertz CT molecular complexity index is 692. The fourth-order valence-corrected chi connectivity index (χ4v) is 2.67. The predicted octanol–water partition coefficient (Wildman–Crippen LogP) is 2.81. The average Bonchev–Trinajstić information content (AvgIpc) is 2.42. The Morgan fingerprint density at radius 2 is 1.90 bits per heavy atom. The highest BCUT2D eigenvalue weighted by atomic mass is 35.5. The third kappa shape index (κ3) is 4.27. The third-order valence-corrected chi connectivity index (χ3v) is 4.20. The molecule has 2 aromatic rings. The van der Waals surface area contributed by atoms with E-state index in [-0.39, 0.29) is 17.1 Å². The van der Waals surface area contributed by atoms with Gasteiger partial charge in [0.1, 0.15) is 11.6 Å². The summed E-state index contributed by atoms with van der Waals surface area (Å²) in [6, 6.07) is 10.0. The molecule has 2 rings (SSSR count). The molecule has 0 bridgehead atoms. The first-order valence-corrected chi connectivity index (χ1v) is 7.64. The number of hydrogen-bond acceptors (Lipinski definition) is 3. The lowest BCUT2D eigenvalue weighted by atomic mass is 10.2. The zero-order valence-electron chi connectivity index (χ0n) is 10.8. The standard InChI is InChI=1S/C14H12ClFN2O2S/c15-9-1-4-11(5-2-9)21(20)8-14(19)18-13-6-3-10(16)7-12(13)17/h1-7H,8,17H2,(H,18,19). The Morgan fingerprint density at radius 1 is 1.24 bits per heavy atom. The summed E-state index contributed by atoms with van der Waals surface area (Å²) in [6.45, 7) is 0. The van der Waals surface area contributed by atoms with Crippen LogP contribution in [0.4, 0.5) is 15.8 Å². The molecule has 0 radical (unpaired) electrons. The molecule has 0 aliphatic carbocycles. The van der Waals surface area contributed by atoms with Crippen molar-refractivity contribution in [2.45, 2.75) is 4.90 Å². The lowest BCUT2D eigenvalue weighted by Gasteiger charge is -2.08. The highest BCUT2D eigenvalue weighted by molar-refractivity contribution is 7.85. The number of carbonyl (C=O) groups is 1. The Morgan fingerprint density at radius 3 is 2.52 bits per heavy atom. The molecule has 1 atom stereocenters. The van der Waals surface area contributed by atoms with Crippen LogP contribution in [0.15, 0.2) is 47.4 Å². The van der Waals surface area contributed by atoms with E-state index < -0.39 is 22.5 Å². The van der Waals surface area contributed by atoms with Crippen LogP contribution in [0.2, 0.25) is 5.02 Å². The Hall–Kier alpha value is -1.92. The maximum Gasteiger partial charge on any atom is 0.237 e. The third-order valence-electron chi connectivity index (χ3n) is 2.63. The van der Waals surface area contributed by atoms with Gasteiger partial charge in [-0.15, -0.1) is 0 Å². The first-order valence-electron chi connectivity index (χ1n) is 5.94. The minimum absolute atomic E-state index is 0.112. The van der Waals surface area contributed by atoms with Gasteiger partial charge in [-0.2, -0.15) is 0 Å². The molecule has 21 heavy (non-hydrogen) atoms. The van der Waals surface area contributed by atoms with Crippen molar-refractivity contribution in [3.05, 3.63) is 53.3 Å². The van der Waals surface area contributed by atoms with Crippen LogP contribution in [0.3, 0.4) is 0 Å². The van der Waals surface area contributed by atoms with E-state index in [1.165, 1.54) is 12.1 Å². The lowest BCUT2D eigenvalue weighted by Crippen LogP contribution is -2.20. The molecule has 4 nitrogen and oxygen atoms in total. The zero-order valence-corrected chi connectivity index (χ0v) is 12.4. The summed E-state index contributed by atoms with van der Waals surface area (Å²) in [6.07, 6.45) is 0. The number of amides is 1. The van der Waals surface area contributed by atoms with Gasteiger partial charge in [0.05, 0.1) is 22.2 Å². The molecule has 3 N–H and O–H groups in total. The van der Waals surface area contributed by atoms with Gasteiger partial charge < -0.3 is 11.1 Å². The van der Waals surface area contributed by atoms with Gasteiger partial charge in [-0.25, -0.2) is 4.39 Å². The van der Waals surface area contributed by atoms with Crippen molar-refractivity contribution in [1.82, 2.24) is 0 Å². The molecule has 0 fully saturated rings. The number of nitrogens with two attached hydrogens (primary N) is 1. The van der Waals surface area contributed by atoms with Gasteiger partial charge in [0.25, 0.3) is 0 Å². The summed E-state index contributed by atoms with van der Waals surface area (Å²) in [4.78, 5) is 12.3. The number of anilines is 2. The van der Waals surface area contributed by atoms with Gasteiger partial charge >= 0.3 is 0 Å². The van der Waals surface area contributed by atoms with Gasteiger partial charge in [0, 0.05) is 9.92 Å². The van der Waals surface area contributed by atoms with Crippen LogP contribution in [0, 0.1) is 5.82 Å². The Balaban J connectivity index is 2.01. The van der Waals surface area contributed by atoms with E-state index in [4.69, 9.17) is 17.3 Å². The number of rotatable bonds is 4. The van der Waals surface area contributed by atoms with Crippen LogP contribution in [-0.2, 0) is 15.6 Å². The van der Waals surface area contributed by atoms with Gasteiger partial charge in [-0.1, -0.05) is 11.6 Å². The van der Waals surface area contributed by atoms with Crippen molar-refractivity contribution in [1.29, 1.82) is 0 Å². The second-order valence-corrected chi connectivity index (χ2v) is 6.11. The molecule has 7 heteroatoms. The van der Waals surface area contributed by atoms with Crippen molar-refractivity contribution in [2.24, 2.45) is 0 Å². The van der Waals surface area contributed by atoms with Crippen LogP contribution < -0.4 is 11.1 Å². The number of nitrogen functional groups attached to an aromatic ring is 1. The summed E-state index contributed by atoms with van der Waals surface area (Å²) in [5, 5.41) is 3.03. The predicted molar refractivity (Wildman–Crippen MR) is 82.2 cm³/mol. The largest absolute Gasteiger partial charge is 0.397 e. The summed E-state index contributed by atoms with van der Waals surface area (Å²) in [5.41, 5.74) is 5.98. The van der Waals surface area contributed by atoms with E-state index in [2.05, 4.69) is 5.32 Å². The second-order valence-electron chi connectivity index (χ2n) is 4.22. The molecule has 0 saturated carbocycles. The molecule has 0 aliphatic rings. The quantitative estimate of drug-likeness (QED) is 0.849. The van der Waals surface area contributed by atoms with Crippen LogP contribution in [0.1, 0.15) is 0 Å².